The summed E-state index contributed by atoms with van der Waals surface area (Å²) in [5.41, 5.74) is 5.14. The molecule has 9 aromatic rings. The van der Waals surface area contributed by atoms with E-state index in [1.807, 2.05) is 60.7 Å². The number of aromatic nitrogens is 3. The Bertz CT molecular complexity index is 2520. The number of hydrogen-bond donors (Lipinski definition) is 0. The van der Waals surface area contributed by atoms with Gasteiger partial charge >= 0.3 is 0 Å². The van der Waals surface area contributed by atoms with Gasteiger partial charge in [0.15, 0.2) is 17.5 Å². The largest absolute Gasteiger partial charge is 0.208 e. The number of nitrogens with zero attached hydrogens (tertiary/aromatic N) is 3. The Hall–Kier alpha value is -6.19. The Morgan fingerprint density at radius 3 is 1.35 bits per heavy atom. The van der Waals surface area contributed by atoms with E-state index < -0.39 is 0 Å². The van der Waals surface area contributed by atoms with Gasteiger partial charge in [0.25, 0.3) is 0 Å². The third-order valence-corrected chi connectivity index (χ3v) is 8.89. The zero-order chi connectivity index (χ0) is 30.5. The molecule has 0 bridgehead atoms. The first-order valence-corrected chi connectivity index (χ1v) is 15.5. The number of fused-ring (bicyclic) bond motifs is 7. The van der Waals surface area contributed by atoms with Crippen molar-refractivity contribution in [2.45, 2.75) is 0 Å². The first-order chi connectivity index (χ1) is 22.8. The van der Waals surface area contributed by atoms with E-state index >= 15 is 0 Å². The van der Waals surface area contributed by atoms with E-state index in [4.69, 9.17) is 15.0 Å². The normalized spacial score (nSPS) is 11.5. The van der Waals surface area contributed by atoms with Gasteiger partial charge in [-0.1, -0.05) is 152 Å². The van der Waals surface area contributed by atoms with E-state index in [1.54, 1.807) is 0 Å². The van der Waals surface area contributed by atoms with Crippen LogP contribution in [0.4, 0.5) is 0 Å². The van der Waals surface area contributed by atoms with Gasteiger partial charge in [-0.15, -0.1) is 0 Å². The molecule has 0 aliphatic rings. The quantitative estimate of drug-likeness (QED) is 0.193. The molecule has 0 aliphatic carbocycles. The average molecular weight is 586 g/mol. The lowest BCUT2D eigenvalue weighted by atomic mass is 9.92. The number of rotatable bonds is 4. The van der Waals surface area contributed by atoms with Crippen LogP contribution in [-0.2, 0) is 0 Å². The Labute approximate surface area is 266 Å². The van der Waals surface area contributed by atoms with Crippen molar-refractivity contribution in [3.8, 4) is 45.3 Å². The molecule has 3 heteroatoms. The van der Waals surface area contributed by atoms with Crippen LogP contribution >= 0.6 is 0 Å². The van der Waals surface area contributed by atoms with Crippen LogP contribution in [0, 0.1) is 0 Å². The minimum absolute atomic E-state index is 0.652. The highest BCUT2D eigenvalue weighted by Gasteiger charge is 2.14. The van der Waals surface area contributed by atoms with Crippen LogP contribution in [0.15, 0.2) is 164 Å². The molecular formula is C43H27N3. The van der Waals surface area contributed by atoms with Gasteiger partial charge in [0.2, 0.25) is 0 Å². The van der Waals surface area contributed by atoms with Crippen molar-refractivity contribution in [1.82, 2.24) is 15.0 Å². The standard InChI is InChI=1S/C43H27N3/c1-3-11-30(12-4-1)41-44-42(31-13-5-2-6-14-31)46-43(45-41)34-16-9-15-32(26-34)33-19-18-29-21-23-38-37-22-20-28-10-7-8-17-35(28)36(37)24-25-39(38)40(29)27-33/h1-27H. The molecule has 0 spiro atoms. The van der Waals surface area contributed by atoms with Crippen LogP contribution < -0.4 is 0 Å². The maximum Gasteiger partial charge on any atom is 0.164 e. The summed E-state index contributed by atoms with van der Waals surface area (Å²) >= 11 is 0. The average Bonchev–Trinajstić information content (AvgIpc) is 3.14. The SMILES string of the molecule is c1ccc(-c2nc(-c3ccccc3)nc(-c3cccc(-c4ccc5ccc6c(ccc7c8ccccc8ccc76)c5c4)c3)n2)cc1. The Morgan fingerprint density at radius 1 is 0.239 bits per heavy atom. The summed E-state index contributed by atoms with van der Waals surface area (Å²) in [6.07, 6.45) is 0. The second kappa shape index (κ2) is 10.8. The first-order valence-electron chi connectivity index (χ1n) is 15.5. The molecule has 1 aromatic heterocycles. The smallest absolute Gasteiger partial charge is 0.164 e. The van der Waals surface area contributed by atoms with E-state index in [9.17, 15) is 0 Å². The molecule has 0 saturated carbocycles. The van der Waals surface area contributed by atoms with Gasteiger partial charge in [-0.25, -0.2) is 15.0 Å². The highest BCUT2D eigenvalue weighted by Crippen LogP contribution is 2.37. The molecule has 0 amide bonds. The highest BCUT2D eigenvalue weighted by molar-refractivity contribution is 6.22. The fraction of sp³-hybridized carbons (Fsp3) is 0. The van der Waals surface area contributed by atoms with Gasteiger partial charge in [-0.2, -0.15) is 0 Å². The lowest BCUT2D eigenvalue weighted by Gasteiger charge is -2.12. The second-order valence-electron chi connectivity index (χ2n) is 11.7. The summed E-state index contributed by atoms with van der Waals surface area (Å²) < 4.78 is 0. The fourth-order valence-electron chi connectivity index (χ4n) is 6.59. The molecule has 214 valence electrons. The molecule has 0 saturated heterocycles. The summed E-state index contributed by atoms with van der Waals surface area (Å²) in [6.45, 7) is 0. The zero-order valence-electron chi connectivity index (χ0n) is 24.9. The number of benzene rings is 8. The van der Waals surface area contributed by atoms with Gasteiger partial charge in [0.1, 0.15) is 0 Å². The maximum absolute atomic E-state index is 4.95. The molecule has 0 atom stereocenters. The molecule has 0 N–H and O–H groups in total. The molecule has 9 rings (SSSR count). The molecular weight excluding hydrogens is 558 g/mol. The summed E-state index contributed by atoms with van der Waals surface area (Å²) in [5.74, 6) is 1.97. The van der Waals surface area contributed by atoms with Gasteiger partial charge < -0.3 is 0 Å². The Morgan fingerprint density at radius 2 is 0.674 bits per heavy atom. The first kappa shape index (κ1) is 26.2. The molecule has 1 heterocycles. The highest BCUT2D eigenvalue weighted by atomic mass is 15.0. The van der Waals surface area contributed by atoms with Crippen molar-refractivity contribution in [3.63, 3.8) is 0 Å². The molecule has 46 heavy (non-hydrogen) atoms. The summed E-state index contributed by atoms with van der Waals surface area (Å²) in [6, 6.07) is 57.7. The van der Waals surface area contributed by atoms with Crippen LogP contribution in [0.5, 0.6) is 0 Å². The topological polar surface area (TPSA) is 38.7 Å². The lowest BCUT2D eigenvalue weighted by Crippen LogP contribution is -2.00. The molecule has 8 aromatic carbocycles. The van der Waals surface area contributed by atoms with Gasteiger partial charge in [0, 0.05) is 16.7 Å². The Balaban J connectivity index is 1.18. The van der Waals surface area contributed by atoms with Gasteiger partial charge in [-0.05, 0) is 66.3 Å². The molecule has 0 unspecified atom stereocenters. The van der Waals surface area contributed by atoms with Crippen LogP contribution in [0.1, 0.15) is 0 Å². The predicted molar refractivity (Wildman–Crippen MR) is 192 cm³/mol. The van der Waals surface area contributed by atoms with Crippen molar-refractivity contribution in [3.05, 3.63) is 164 Å². The molecule has 0 radical (unpaired) electrons. The van der Waals surface area contributed by atoms with Crippen molar-refractivity contribution in [2.24, 2.45) is 0 Å². The fourth-order valence-corrected chi connectivity index (χ4v) is 6.59. The summed E-state index contributed by atoms with van der Waals surface area (Å²) in [7, 11) is 0. The van der Waals surface area contributed by atoms with E-state index in [0.29, 0.717) is 17.5 Å². The Kier molecular flexibility index (Phi) is 6.14. The number of hydrogen-bond acceptors (Lipinski definition) is 3. The van der Waals surface area contributed by atoms with E-state index in [-0.39, 0.29) is 0 Å². The minimum atomic E-state index is 0.652. The summed E-state index contributed by atoms with van der Waals surface area (Å²) in [4.78, 5) is 14.8. The third-order valence-electron chi connectivity index (χ3n) is 8.89. The van der Waals surface area contributed by atoms with E-state index in [2.05, 4.69) is 103 Å². The molecule has 0 fully saturated rings. The second-order valence-corrected chi connectivity index (χ2v) is 11.7. The lowest BCUT2D eigenvalue weighted by molar-refractivity contribution is 1.07. The molecule has 3 nitrogen and oxygen atoms in total. The van der Waals surface area contributed by atoms with Crippen LogP contribution in [0.2, 0.25) is 0 Å². The predicted octanol–water partition coefficient (Wildman–Crippen LogP) is 11.2. The third kappa shape index (κ3) is 4.49. The van der Waals surface area contributed by atoms with Crippen LogP contribution in [-0.4, -0.2) is 15.0 Å². The van der Waals surface area contributed by atoms with Gasteiger partial charge in [-0.3, -0.25) is 0 Å². The maximum atomic E-state index is 4.95. The van der Waals surface area contributed by atoms with Crippen molar-refractivity contribution in [1.29, 1.82) is 0 Å². The summed E-state index contributed by atoms with van der Waals surface area (Å²) in [5, 5.41) is 10.1. The van der Waals surface area contributed by atoms with E-state index in [0.717, 1.165) is 27.8 Å². The minimum Gasteiger partial charge on any atom is -0.208 e. The zero-order valence-corrected chi connectivity index (χ0v) is 24.9. The van der Waals surface area contributed by atoms with Crippen molar-refractivity contribution in [2.75, 3.05) is 0 Å². The van der Waals surface area contributed by atoms with Crippen molar-refractivity contribution < 1.29 is 0 Å². The monoisotopic (exact) mass is 585 g/mol. The van der Waals surface area contributed by atoms with Crippen LogP contribution in [0.25, 0.3) is 88.4 Å². The van der Waals surface area contributed by atoms with E-state index in [1.165, 1.54) is 43.1 Å². The van der Waals surface area contributed by atoms with Crippen LogP contribution in [0.3, 0.4) is 0 Å². The van der Waals surface area contributed by atoms with Crippen molar-refractivity contribution >= 4 is 43.1 Å². The van der Waals surface area contributed by atoms with Gasteiger partial charge in [0.05, 0.1) is 0 Å². The molecule has 0 aliphatic heterocycles.